The van der Waals surface area contributed by atoms with Gasteiger partial charge in [-0.2, -0.15) is 9.41 Å². The smallest absolute Gasteiger partial charge is 0.273 e. The first-order chi connectivity index (χ1) is 17.2. The van der Waals surface area contributed by atoms with E-state index in [4.69, 9.17) is 4.74 Å². The van der Waals surface area contributed by atoms with E-state index in [1.807, 2.05) is 0 Å². The van der Waals surface area contributed by atoms with Gasteiger partial charge in [-0.15, -0.1) is 11.3 Å². The fourth-order valence-corrected chi connectivity index (χ4v) is 6.99. The average molecular weight is 549 g/mol. The molecule has 36 heavy (non-hydrogen) atoms. The normalized spacial score (nSPS) is 15.4. The van der Waals surface area contributed by atoms with Gasteiger partial charge in [0, 0.05) is 13.1 Å². The third kappa shape index (κ3) is 5.82. The molecular formula is C23H24N4O6S3. The quantitative estimate of drug-likeness (QED) is 0.328. The number of carbonyl (C=O) groups excluding carboxylic acids is 1. The number of morpholine rings is 1. The summed E-state index contributed by atoms with van der Waals surface area (Å²) in [4.78, 5) is 13.0. The minimum atomic E-state index is -3.84. The van der Waals surface area contributed by atoms with E-state index in [1.165, 1.54) is 34.6 Å². The lowest BCUT2D eigenvalue weighted by atomic mass is 10.1. The van der Waals surface area contributed by atoms with E-state index in [-0.39, 0.29) is 33.4 Å². The highest BCUT2D eigenvalue weighted by atomic mass is 32.2. The summed E-state index contributed by atoms with van der Waals surface area (Å²) in [5.41, 5.74) is 3.49. The van der Waals surface area contributed by atoms with Crippen molar-refractivity contribution in [1.29, 1.82) is 0 Å². The molecule has 2 aromatic carbocycles. The summed E-state index contributed by atoms with van der Waals surface area (Å²) in [5.74, 6) is -0.629. The molecule has 4 rings (SSSR count). The maximum absolute atomic E-state index is 13.0. The maximum atomic E-state index is 13.0. The molecule has 0 aliphatic carbocycles. The van der Waals surface area contributed by atoms with Crippen molar-refractivity contribution in [1.82, 2.24) is 9.73 Å². The van der Waals surface area contributed by atoms with Gasteiger partial charge >= 0.3 is 0 Å². The van der Waals surface area contributed by atoms with Gasteiger partial charge in [0.2, 0.25) is 10.0 Å². The fraction of sp³-hybridized carbons (Fsp3) is 0.217. The number of para-hydroxylation sites is 1. The van der Waals surface area contributed by atoms with Crippen LogP contribution in [0.25, 0.3) is 0 Å². The Kier molecular flexibility index (Phi) is 7.85. The number of nitrogens with one attached hydrogen (secondary N) is 2. The molecule has 0 saturated carbocycles. The predicted molar refractivity (Wildman–Crippen MR) is 137 cm³/mol. The molecule has 0 unspecified atom stereocenters. The van der Waals surface area contributed by atoms with Gasteiger partial charge in [0.1, 0.15) is 4.21 Å². The van der Waals surface area contributed by atoms with E-state index in [2.05, 4.69) is 15.2 Å². The second-order valence-electron chi connectivity index (χ2n) is 7.77. The van der Waals surface area contributed by atoms with Crippen LogP contribution in [0.2, 0.25) is 0 Å². The summed E-state index contributed by atoms with van der Waals surface area (Å²) in [6.45, 7) is 2.88. The second-order valence-corrected chi connectivity index (χ2v) is 12.6. The number of hydrazone groups is 1. The zero-order chi connectivity index (χ0) is 25.8. The van der Waals surface area contributed by atoms with Crippen LogP contribution < -0.4 is 10.1 Å². The average Bonchev–Trinajstić information content (AvgIpc) is 3.44. The summed E-state index contributed by atoms with van der Waals surface area (Å²) in [6.07, 6.45) is 0. The predicted octanol–water partition coefficient (Wildman–Crippen LogP) is 2.72. The monoisotopic (exact) mass is 548 g/mol. The van der Waals surface area contributed by atoms with Crippen LogP contribution in [0.5, 0.6) is 0 Å². The van der Waals surface area contributed by atoms with Crippen LogP contribution in [-0.4, -0.2) is 59.1 Å². The minimum absolute atomic E-state index is 0.0813. The summed E-state index contributed by atoms with van der Waals surface area (Å²) in [5, 5.41) is 5.75. The maximum Gasteiger partial charge on any atom is 0.273 e. The lowest BCUT2D eigenvalue weighted by Gasteiger charge is -2.26. The van der Waals surface area contributed by atoms with Gasteiger partial charge in [0.15, 0.2) is 0 Å². The number of ether oxygens (including phenoxy) is 1. The minimum Gasteiger partial charge on any atom is -0.379 e. The largest absolute Gasteiger partial charge is 0.379 e. The molecule has 13 heteroatoms. The fourth-order valence-electron chi connectivity index (χ4n) is 3.46. The van der Waals surface area contributed by atoms with E-state index < -0.39 is 26.0 Å². The molecule has 0 radical (unpaired) electrons. The molecule has 1 saturated heterocycles. The molecule has 0 bridgehead atoms. The van der Waals surface area contributed by atoms with Crippen LogP contribution in [0.4, 0.5) is 5.69 Å². The van der Waals surface area contributed by atoms with Crippen molar-refractivity contribution >= 4 is 48.7 Å². The van der Waals surface area contributed by atoms with Crippen LogP contribution in [0.1, 0.15) is 22.8 Å². The topological polar surface area (TPSA) is 134 Å². The zero-order valence-corrected chi connectivity index (χ0v) is 21.7. The zero-order valence-electron chi connectivity index (χ0n) is 19.2. The summed E-state index contributed by atoms with van der Waals surface area (Å²) in [6, 6.07) is 15.6. The highest BCUT2D eigenvalue weighted by Gasteiger charge is 2.26. The first-order valence-corrected chi connectivity index (χ1v) is 14.7. The molecule has 190 valence electrons. The Bertz CT molecular complexity index is 1480. The first kappa shape index (κ1) is 26.0. The molecule has 10 nitrogen and oxygen atoms in total. The molecule has 2 heterocycles. The van der Waals surface area contributed by atoms with Gasteiger partial charge in [0.25, 0.3) is 15.9 Å². The molecular weight excluding hydrogens is 524 g/mol. The number of nitrogens with zero attached hydrogens (tertiary/aromatic N) is 2. The Morgan fingerprint density at radius 2 is 1.75 bits per heavy atom. The van der Waals surface area contributed by atoms with Gasteiger partial charge in [0.05, 0.1) is 35.1 Å². The molecule has 1 aliphatic heterocycles. The summed E-state index contributed by atoms with van der Waals surface area (Å²) >= 11 is 1.06. The van der Waals surface area contributed by atoms with Gasteiger partial charge in [-0.05, 0) is 48.2 Å². The summed E-state index contributed by atoms with van der Waals surface area (Å²) < 4.78 is 60.3. The van der Waals surface area contributed by atoms with Crippen LogP contribution in [0, 0.1) is 0 Å². The Hall–Kier alpha value is -3.10. The Morgan fingerprint density at radius 1 is 1.00 bits per heavy atom. The van der Waals surface area contributed by atoms with E-state index >= 15 is 0 Å². The molecule has 1 aromatic heterocycles. The number of amides is 1. The van der Waals surface area contributed by atoms with Crippen molar-refractivity contribution < 1.29 is 26.4 Å². The van der Waals surface area contributed by atoms with Crippen molar-refractivity contribution in [2.24, 2.45) is 5.10 Å². The molecule has 1 fully saturated rings. The number of hydrogen-bond donors (Lipinski definition) is 2. The number of carbonyl (C=O) groups is 1. The number of hydrogen-bond acceptors (Lipinski definition) is 8. The Labute approximate surface area is 213 Å². The van der Waals surface area contributed by atoms with Crippen molar-refractivity contribution in [3.8, 4) is 0 Å². The third-order valence-electron chi connectivity index (χ3n) is 5.36. The van der Waals surface area contributed by atoms with Crippen LogP contribution >= 0.6 is 11.3 Å². The molecule has 0 spiro atoms. The van der Waals surface area contributed by atoms with Gasteiger partial charge < -0.3 is 4.74 Å². The lowest BCUT2D eigenvalue weighted by Crippen LogP contribution is -2.40. The second kappa shape index (κ2) is 10.9. The first-order valence-electron chi connectivity index (χ1n) is 10.9. The number of benzene rings is 2. The van der Waals surface area contributed by atoms with Gasteiger partial charge in [-0.3, -0.25) is 9.52 Å². The van der Waals surface area contributed by atoms with E-state index in [0.29, 0.717) is 24.5 Å². The molecule has 1 amide bonds. The van der Waals surface area contributed by atoms with Crippen molar-refractivity contribution in [2.45, 2.75) is 16.0 Å². The number of anilines is 1. The van der Waals surface area contributed by atoms with Crippen LogP contribution in [-0.2, 0) is 24.8 Å². The van der Waals surface area contributed by atoms with Crippen LogP contribution in [0.3, 0.4) is 0 Å². The van der Waals surface area contributed by atoms with E-state index in [9.17, 15) is 21.6 Å². The SMILES string of the molecule is C/C(=N\NC(=O)c1ccccc1NS(=O)(=O)c1cccs1)c1cccc(S(=O)(=O)N2CCOCC2)c1. The molecule has 1 aliphatic rings. The number of thiophene rings is 1. The van der Waals surface area contributed by atoms with Gasteiger partial charge in [-0.1, -0.05) is 30.3 Å². The van der Waals surface area contributed by atoms with Crippen molar-refractivity contribution in [2.75, 3.05) is 31.0 Å². The van der Waals surface area contributed by atoms with Crippen LogP contribution in [0.15, 0.2) is 80.2 Å². The molecule has 0 atom stereocenters. The summed E-state index contributed by atoms with van der Waals surface area (Å²) in [7, 11) is -7.53. The van der Waals surface area contributed by atoms with E-state index in [0.717, 1.165) is 11.3 Å². The number of sulfonamides is 2. The molecule has 3 aromatic rings. The lowest BCUT2D eigenvalue weighted by molar-refractivity contribution is 0.0730. The molecule has 2 N–H and O–H groups in total. The van der Waals surface area contributed by atoms with Gasteiger partial charge in [-0.25, -0.2) is 22.3 Å². The Balaban J connectivity index is 1.51. The number of rotatable bonds is 8. The highest BCUT2D eigenvalue weighted by molar-refractivity contribution is 7.94. The Morgan fingerprint density at radius 3 is 2.47 bits per heavy atom. The standard InChI is InChI=1S/C23H24N4O6S3/c1-17(18-6-4-7-19(16-18)36(31,32)27-11-13-33-14-12-27)24-25-23(28)20-8-2-3-9-21(20)26-35(29,30)22-10-5-15-34-22/h2-10,15-16,26H,11-14H2,1H3,(H,25,28)/b24-17+. The van der Waals surface area contributed by atoms with E-state index in [1.54, 1.807) is 42.6 Å². The third-order valence-corrected chi connectivity index (χ3v) is 10.0. The van der Waals surface area contributed by atoms with Crippen molar-refractivity contribution in [3.63, 3.8) is 0 Å². The highest BCUT2D eigenvalue weighted by Crippen LogP contribution is 2.23. The van der Waals surface area contributed by atoms with Crippen molar-refractivity contribution in [3.05, 3.63) is 77.2 Å².